The minimum Gasteiger partial charge on any atom is -0.516 e. The first-order chi connectivity index (χ1) is 8.32. The topological polar surface area (TPSA) is 63.3 Å². The van der Waals surface area contributed by atoms with Crippen LogP contribution in [0.1, 0.15) is 61.8 Å². The lowest BCUT2D eigenvalue weighted by Gasteiger charge is -2.19. The van der Waals surface area contributed by atoms with Gasteiger partial charge >= 0.3 is 0 Å². The van der Waals surface area contributed by atoms with Crippen LogP contribution in [0.15, 0.2) is 23.5 Å². The predicted octanol–water partition coefficient (Wildman–Crippen LogP) is 4.35. The highest BCUT2D eigenvalue weighted by Crippen LogP contribution is 2.24. The molecular formula is C16H31NO2. The SMILES string of the molecule is C/C(=C/O)C(C)(C)C.C/C(=C\CC(N)=O)C(C)(C)C. The number of aliphatic hydroxyl groups is 1. The third-order valence-electron chi connectivity index (χ3n) is 3.17. The molecule has 0 spiro atoms. The van der Waals surface area contributed by atoms with Crippen molar-refractivity contribution in [2.45, 2.75) is 61.8 Å². The summed E-state index contributed by atoms with van der Waals surface area (Å²) in [5.74, 6) is -0.270. The number of hydrogen-bond donors (Lipinski definition) is 2. The molecule has 0 atom stereocenters. The molecule has 112 valence electrons. The maximum atomic E-state index is 10.4. The fourth-order valence-corrected chi connectivity index (χ4v) is 0.754. The van der Waals surface area contributed by atoms with Gasteiger partial charge < -0.3 is 10.8 Å². The summed E-state index contributed by atoms with van der Waals surface area (Å²) >= 11 is 0. The molecular weight excluding hydrogens is 238 g/mol. The van der Waals surface area contributed by atoms with Crippen LogP contribution < -0.4 is 5.73 Å². The van der Waals surface area contributed by atoms with Crippen molar-refractivity contribution in [2.24, 2.45) is 16.6 Å². The number of rotatable bonds is 2. The standard InChI is InChI=1S/C9H17NO.C7H14O/c1-7(9(2,3)4)5-6-8(10)11;1-6(5-8)7(2,3)4/h5H,6H2,1-4H3,(H2,10,11);5,8H,1-4H3/b7-5+;6-5-. The molecule has 0 aliphatic heterocycles. The molecule has 0 saturated heterocycles. The molecule has 0 aliphatic carbocycles. The maximum absolute atomic E-state index is 10.4. The zero-order valence-electron chi connectivity index (χ0n) is 13.8. The van der Waals surface area contributed by atoms with Gasteiger partial charge in [0.25, 0.3) is 0 Å². The van der Waals surface area contributed by atoms with Crippen molar-refractivity contribution in [2.75, 3.05) is 0 Å². The van der Waals surface area contributed by atoms with E-state index in [0.717, 1.165) is 5.57 Å². The molecule has 0 heterocycles. The summed E-state index contributed by atoms with van der Waals surface area (Å²) in [5.41, 5.74) is 7.49. The average Bonchev–Trinajstić information content (AvgIpc) is 2.22. The summed E-state index contributed by atoms with van der Waals surface area (Å²) in [6.07, 6.45) is 3.41. The van der Waals surface area contributed by atoms with Crippen LogP contribution in [0, 0.1) is 10.8 Å². The van der Waals surface area contributed by atoms with Crippen molar-refractivity contribution in [3.8, 4) is 0 Å². The highest BCUT2D eigenvalue weighted by Gasteiger charge is 2.12. The highest BCUT2D eigenvalue weighted by atomic mass is 16.2. The Bertz CT molecular complexity index is 339. The molecule has 0 bridgehead atoms. The van der Waals surface area contributed by atoms with Gasteiger partial charge in [0.1, 0.15) is 0 Å². The van der Waals surface area contributed by atoms with Gasteiger partial charge in [-0.2, -0.15) is 0 Å². The van der Waals surface area contributed by atoms with E-state index in [1.807, 2.05) is 19.9 Å². The Morgan fingerprint density at radius 2 is 1.37 bits per heavy atom. The van der Waals surface area contributed by atoms with E-state index < -0.39 is 0 Å². The number of nitrogens with two attached hydrogens (primary N) is 1. The predicted molar refractivity (Wildman–Crippen MR) is 82.9 cm³/mol. The Morgan fingerprint density at radius 3 is 1.53 bits per heavy atom. The molecule has 0 aromatic rings. The zero-order chi connectivity index (χ0) is 15.9. The van der Waals surface area contributed by atoms with Gasteiger partial charge in [0, 0.05) is 6.42 Å². The summed E-state index contributed by atoms with van der Waals surface area (Å²) in [4.78, 5) is 10.4. The molecule has 0 rings (SSSR count). The Hall–Kier alpha value is -1.25. The van der Waals surface area contributed by atoms with Crippen molar-refractivity contribution in [1.29, 1.82) is 0 Å². The molecule has 0 aliphatic rings. The monoisotopic (exact) mass is 269 g/mol. The Balaban J connectivity index is 0. The smallest absolute Gasteiger partial charge is 0.221 e. The van der Waals surface area contributed by atoms with Crippen LogP contribution in [-0.2, 0) is 4.79 Å². The minimum absolute atomic E-state index is 0.120. The van der Waals surface area contributed by atoms with Crippen LogP contribution in [0.4, 0.5) is 0 Å². The normalized spacial score (nSPS) is 13.7. The quantitative estimate of drug-likeness (QED) is 0.578. The van der Waals surface area contributed by atoms with Gasteiger partial charge in [-0.1, -0.05) is 53.2 Å². The van der Waals surface area contributed by atoms with Gasteiger partial charge in [-0.05, 0) is 30.3 Å². The van der Waals surface area contributed by atoms with Gasteiger partial charge in [-0.15, -0.1) is 0 Å². The number of amides is 1. The molecule has 3 nitrogen and oxygen atoms in total. The highest BCUT2D eigenvalue weighted by molar-refractivity contribution is 5.75. The molecule has 19 heavy (non-hydrogen) atoms. The third-order valence-corrected chi connectivity index (χ3v) is 3.17. The van der Waals surface area contributed by atoms with E-state index >= 15 is 0 Å². The molecule has 3 heteroatoms. The summed E-state index contributed by atoms with van der Waals surface area (Å²) in [5, 5.41) is 8.51. The van der Waals surface area contributed by atoms with E-state index in [0.29, 0.717) is 6.42 Å². The summed E-state index contributed by atoms with van der Waals surface area (Å²) in [6.45, 7) is 16.5. The third kappa shape index (κ3) is 11.6. The van der Waals surface area contributed by atoms with Crippen molar-refractivity contribution in [1.82, 2.24) is 0 Å². The lowest BCUT2D eigenvalue weighted by atomic mass is 9.87. The maximum Gasteiger partial charge on any atom is 0.221 e. The van der Waals surface area contributed by atoms with Crippen LogP contribution in [0.2, 0.25) is 0 Å². The molecule has 3 N–H and O–H groups in total. The summed E-state index contributed by atoms with van der Waals surface area (Å²) < 4.78 is 0. The summed E-state index contributed by atoms with van der Waals surface area (Å²) in [7, 11) is 0. The van der Waals surface area contributed by atoms with Crippen molar-refractivity contribution < 1.29 is 9.90 Å². The lowest BCUT2D eigenvalue weighted by Crippen LogP contribution is -2.11. The van der Waals surface area contributed by atoms with Crippen LogP contribution in [0.3, 0.4) is 0 Å². The first kappa shape index (κ1) is 20.1. The second kappa shape index (κ2) is 8.03. The lowest BCUT2D eigenvalue weighted by molar-refractivity contribution is -0.117. The van der Waals surface area contributed by atoms with Crippen molar-refractivity contribution in [3.63, 3.8) is 0 Å². The fraction of sp³-hybridized carbons (Fsp3) is 0.688. The number of primary amides is 1. The van der Waals surface area contributed by atoms with E-state index in [-0.39, 0.29) is 16.7 Å². The van der Waals surface area contributed by atoms with E-state index in [9.17, 15) is 4.79 Å². The van der Waals surface area contributed by atoms with Crippen LogP contribution >= 0.6 is 0 Å². The van der Waals surface area contributed by atoms with E-state index in [4.69, 9.17) is 10.8 Å². The van der Waals surface area contributed by atoms with Gasteiger partial charge in [-0.25, -0.2) is 0 Å². The second-order valence-corrected chi connectivity index (χ2v) is 6.87. The van der Waals surface area contributed by atoms with E-state index in [1.165, 1.54) is 11.8 Å². The largest absolute Gasteiger partial charge is 0.516 e. The second-order valence-electron chi connectivity index (χ2n) is 6.87. The molecule has 0 saturated carbocycles. The Labute approximate surface area is 118 Å². The Morgan fingerprint density at radius 1 is 1.00 bits per heavy atom. The van der Waals surface area contributed by atoms with Gasteiger partial charge in [-0.3, -0.25) is 4.79 Å². The number of carbonyl (C=O) groups excluding carboxylic acids is 1. The van der Waals surface area contributed by atoms with Crippen LogP contribution in [0.5, 0.6) is 0 Å². The Kier molecular flexibility index (Phi) is 8.48. The van der Waals surface area contributed by atoms with Gasteiger partial charge in [0.05, 0.1) is 6.26 Å². The minimum atomic E-state index is -0.270. The number of hydrogen-bond acceptors (Lipinski definition) is 2. The molecule has 1 amide bonds. The van der Waals surface area contributed by atoms with Crippen LogP contribution in [-0.4, -0.2) is 11.0 Å². The molecule has 0 aromatic heterocycles. The zero-order valence-corrected chi connectivity index (χ0v) is 13.8. The number of allylic oxidation sites excluding steroid dienone is 2. The van der Waals surface area contributed by atoms with E-state index in [1.54, 1.807) is 0 Å². The van der Waals surface area contributed by atoms with Crippen LogP contribution in [0.25, 0.3) is 0 Å². The first-order valence-corrected chi connectivity index (χ1v) is 6.59. The fourth-order valence-electron chi connectivity index (χ4n) is 0.754. The summed E-state index contributed by atoms with van der Waals surface area (Å²) in [6, 6.07) is 0. The molecule has 0 unspecified atom stereocenters. The first-order valence-electron chi connectivity index (χ1n) is 6.59. The van der Waals surface area contributed by atoms with Gasteiger partial charge in [0.2, 0.25) is 5.91 Å². The van der Waals surface area contributed by atoms with Gasteiger partial charge in [0.15, 0.2) is 0 Å². The molecule has 0 fully saturated rings. The average molecular weight is 269 g/mol. The number of aliphatic hydroxyl groups excluding tert-OH is 1. The van der Waals surface area contributed by atoms with Crippen molar-refractivity contribution >= 4 is 5.91 Å². The molecule has 0 radical (unpaired) electrons. The number of carbonyl (C=O) groups is 1. The van der Waals surface area contributed by atoms with Crippen molar-refractivity contribution in [3.05, 3.63) is 23.5 Å². The molecule has 0 aromatic carbocycles. The van der Waals surface area contributed by atoms with E-state index in [2.05, 4.69) is 41.5 Å².